The predicted molar refractivity (Wildman–Crippen MR) is 79.5 cm³/mol. The average molecular weight is 291 g/mol. The number of ether oxygens (including phenoxy) is 1. The molecule has 2 aromatic carbocycles. The number of methoxy groups -OCH3 is 1. The van der Waals surface area contributed by atoms with E-state index in [0.717, 1.165) is 28.5 Å². The van der Waals surface area contributed by atoms with Crippen LogP contribution in [0.2, 0.25) is 0 Å². The van der Waals surface area contributed by atoms with Gasteiger partial charge in [-0.15, -0.1) is 0 Å². The summed E-state index contributed by atoms with van der Waals surface area (Å²) in [5.74, 6) is -0.451. The lowest BCUT2D eigenvalue weighted by Gasteiger charge is -2.19. The molecule has 0 radical (unpaired) electrons. The third kappa shape index (κ3) is 3.39. The number of halogens is 2. The first-order valence-corrected chi connectivity index (χ1v) is 6.77. The van der Waals surface area contributed by atoms with Gasteiger partial charge in [-0.25, -0.2) is 8.78 Å². The zero-order valence-electron chi connectivity index (χ0n) is 12.4. The van der Waals surface area contributed by atoms with Crippen molar-refractivity contribution in [3.05, 3.63) is 64.2 Å². The second-order valence-corrected chi connectivity index (χ2v) is 5.22. The highest BCUT2D eigenvalue weighted by atomic mass is 19.1. The Morgan fingerprint density at radius 1 is 1.10 bits per heavy atom. The van der Waals surface area contributed by atoms with Crippen LogP contribution in [0, 0.1) is 25.5 Å². The fourth-order valence-electron chi connectivity index (χ4n) is 2.47. The van der Waals surface area contributed by atoms with Crippen molar-refractivity contribution < 1.29 is 13.5 Å². The molecule has 0 bridgehead atoms. The van der Waals surface area contributed by atoms with Crippen molar-refractivity contribution in [1.82, 2.24) is 0 Å². The maximum absolute atomic E-state index is 13.2. The van der Waals surface area contributed by atoms with Crippen molar-refractivity contribution in [2.24, 2.45) is 5.73 Å². The fourth-order valence-corrected chi connectivity index (χ4v) is 2.47. The van der Waals surface area contributed by atoms with Crippen molar-refractivity contribution >= 4 is 0 Å². The second kappa shape index (κ2) is 6.22. The molecular weight excluding hydrogens is 272 g/mol. The number of hydrogen-bond acceptors (Lipinski definition) is 2. The van der Waals surface area contributed by atoms with E-state index in [0.29, 0.717) is 12.0 Å². The van der Waals surface area contributed by atoms with Crippen molar-refractivity contribution in [1.29, 1.82) is 0 Å². The Bertz CT molecular complexity index is 635. The molecular formula is C17H19F2NO. The first kappa shape index (κ1) is 15.4. The molecule has 0 aliphatic carbocycles. The van der Waals surface area contributed by atoms with Gasteiger partial charge in [0.05, 0.1) is 7.11 Å². The van der Waals surface area contributed by atoms with E-state index in [4.69, 9.17) is 10.5 Å². The summed E-state index contributed by atoms with van der Waals surface area (Å²) < 4.78 is 31.9. The van der Waals surface area contributed by atoms with E-state index in [-0.39, 0.29) is 6.04 Å². The summed E-state index contributed by atoms with van der Waals surface area (Å²) in [7, 11) is 1.60. The van der Waals surface area contributed by atoms with E-state index >= 15 is 0 Å². The minimum Gasteiger partial charge on any atom is -0.496 e. The Balaban J connectivity index is 2.32. The minimum absolute atomic E-state index is 0.341. The van der Waals surface area contributed by atoms with Crippen LogP contribution in [-0.4, -0.2) is 7.11 Å². The topological polar surface area (TPSA) is 35.2 Å². The molecule has 0 aromatic heterocycles. The molecule has 0 saturated heterocycles. The Hall–Kier alpha value is -1.94. The molecule has 0 saturated carbocycles. The maximum atomic E-state index is 13.2. The summed E-state index contributed by atoms with van der Waals surface area (Å²) in [6.45, 7) is 3.96. The van der Waals surface area contributed by atoms with Crippen molar-refractivity contribution in [3.8, 4) is 5.75 Å². The summed E-state index contributed by atoms with van der Waals surface area (Å²) >= 11 is 0. The van der Waals surface area contributed by atoms with Crippen LogP contribution in [0.4, 0.5) is 8.78 Å². The number of hydrogen-bond donors (Lipinski definition) is 1. The van der Waals surface area contributed by atoms with Gasteiger partial charge in [-0.1, -0.05) is 12.1 Å². The lowest BCUT2D eigenvalue weighted by molar-refractivity contribution is 0.402. The zero-order valence-corrected chi connectivity index (χ0v) is 12.4. The van der Waals surface area contributed by atoms with E-state index in [1.54, 1.807) is 7.11 Å². The third-order valence-electron chi connectivity index (χ3n) is 3.69. The van der Waals surface area contributed by atoms with E-state index in [2.05, 4.69) is 0 Å². The highest BCUT2D eigenvalue weighted by molar-refractivity contribution is 5.47. The summed E-state index contributed by atoms with van der Waals surface area (Å²) in [6.07, 6.45) is 0.341. The van der Waals surface area contributed by atoms with Gasteiger partial charge >= 0.3 is 0 Å². The maximum Gasteiger partial charge on any atom is 0.126 e. The number of benzene rings is 2. The van der Waals surface area contributed by atoms with Crippen LogP contribution >= 0.6 is 0 Å². The molecule has 0 fully saturated rings. The van der Waals surface area contributed by atoms with E-state index < -0.39 is 11.6 Å². The number of rotatable bonds is 4. The summed E-state index contributed by atoms with van der Waals surface area (Å²) in [5.41, 5.74) is 9.70. The second-order valence-electron chi connectivity index (χ2n) is 5.22. The first-order valence-electron chi connectivity index (χ1n) is 6.77. The monoisotopic (exact) mass is 291 g/mol. The van der Waals surface area contributed by atoms with Gasteiger partial charge in [0, 0.05) is 17.7 Å². The van der Waals surface area contributed by atoms with Crippen LogP contribution in [0.5, 0.6) is 5.75 Å². The third-order valence-corrected chi connectivity index (χ3v) is 3.69. The highest BCUT2D eigenvalue weighted by Gasteiger charge is 2.16. The van der Waals surface area contributed by atoms with Crippen molar-refractivity contribution in [2.45, 2.75) is 26.3 Å². The standard InChI is InChI=1S/C17H19F2NO/c1-10-4-5-15(17(21-3)11(10)2)16(20)8-12-6-13(18)9-14(19)7-12/h4-7,9,16H,8,20H2,1-3H3. The fraction of sp³-hybridized carbons (Fsp3) is 0.294. The normalized spacial score (nSPS) is 12.3. The highest BCUT2D eigenvalue weighted by Crippen LogP contribution is 2.31. The van der Waals surface area contributed by atoms with Crippen LogP contribution in [0.3, 0.4) is 0 Å². The molecule has 112 valence electrons. The Kier molecular flexibility index (Phi) is 4.58. The van der Waals surface area contributed by atoms with Crippen LogP contribution in [-0.2, 0) is 6.42 Å². The Morgan fingerprint density at radius 3 is 2.29 bits per heavy atom. The van der Waals surface area contributed by atoms with Gasteiger partial charge < -0.3 is 10.5 Å². The molecule has 0 aliphatic heterocycles. The largest absolute Gasteiger partial charge is 0.496 e. The molecule has 0 aliphatic rings. The Morgan fingerprint density at radius 2 is 1.71 bits per heavy atom. The molecule has 2 aromatic rings. The van der Waals surface area contributed by atoms with Crippen LogP contribution in [0.15, 0.2) is 30.3 Å². The van der Waals surface area contributed by atoms with E-state index in [1.807, 2.05) is 26.0 Å². The van der Waals surface area contributed by atoms with Gasteiger partial charge in [-0.3, -0.25) is 0 Å². The molecule has 2 rings (SSSR count). The number of nitrogens with two attached hydrogens (primary N) is 1. The van der Waals surface area contributed by atoms with E-state index in [1.165, 1.54) is 12.1 Å². The van der Waals surface area contributed by atoms with Crippen LogP contribution < -0.4 is 10.5 Å². The van der Waals surface area contributed by atoms with Gasteiger partial charge in [-0.2, -0.15) is 0 Å². The Labute approximate surface area is 123 Å². The molecule has 1 unspecified atom stereocenters. The lowest BCUT2D eigenvalue weighted by Crippen LogP contribution is -2.15. The van der Waals surface area contributed by atoms with E-state index in [9.17, 15) is 8.78 Å². The molecule has 0 spiro atoms. The summed E-state index contributed by atoms with van der Waals surface area (Å²) in [5, 5.41) is 0. The molecule has 2 nitrogen and oxygen atoms in total. The molecule has 0 amide bonds. The van der Waals surface area contributed by atoms with Gasteiger partial charge in [0.15, 0.2) is 0 Å². The first-order chi connectivity index (χ1) is 9.92. The number of aryl methyl sites for hydroxylation is 1. The van der Waals surface area contributed by atoms with Crippen molar-refractivity contribution in [3.63, 3.8) is 0 Å². The van der Waals surface area contributed by atoms with Crippen molar-refractivity contribution in [2.75, 3.05) is 7.11 Å². The predicted octanol–water partition coefficient (Wildman–Crippen LogP) is 3.83. The summed E-state index contributed by atoms with van der Waals surface area (Å²) in [4.78, 5) is 0. The average Bonchev–Trinajstić information content (AvgIpc) is 2.40. The summed E-state index contributed by atoms with van der Waals surface area (Å²) in [6, 6.07) is 6.94. The SMILES string of the molecule is COc1c(C(N)Cc2cc(F)cc(F)c2)ccc(C)c1C. The minimum atomic E-state index is -0.593. The quantitative estimate of drug-likeness (QED) is 0.929. The van der Waals surface area contributed by atoms with Gasteiger partial charge in [0.1, 0.15) is 17.4 Å². The molecule has 0 heterocycles. The molecule has 21 heavy (non-hydrogen) atoms. The van der Waals surface area contributed by atoms with Gasteiger partial charge in [0.25, 0.3) is 0 Å². The lowest BCUT2D eigenvalue weighted by atomic mass is 9.95. The van der Waals surface area contributed by atoms with Crippen LogP contribution in [0.1, 0.15) is 28.3 Å². The van der Waals surface area contributed by atoms with Gasteiger partial charge in [0.2, 0.25) is 0 Å². The molecule has 4 heteroatoms. The zero-order chi connectivity index (χ0) is 15.6. The van der Waals surface area contributed by atoms with Gasteiger partial charge in [-0.05, 0) is 49.1 Å². The van der Waals surface area contributed by atoms with Crippen LogP contribution in [0.25, 0.3) is 0 Å². The smallest absolute Gasteiger partial charge is 0.126 e. The molecule has 1 atom stereocenters. The molecule has 2 N–H and O–H groups in total.